The third kappa shape index (κ3) is 4.93. The Morgan fingerprint density at radius 1 is 1.35 bits per heavy atom. The lowest BCUT2D eigenvalue weighted by atomic mass is 10.3. The van der Waals surface area contributed by atoms with Crippen LogP contribution < -0.4 is 10.1 Å². The molecule has 106 valence electrons. The van der Waals surface area contributed by atoms with E-state index in [2.05, 4.69) is 10.4 Å². The fourth-order valence-electron chi connectivity index (χ4n) is 1.63. The molecule has 0 aliphatic carbocycles. The van der Waals surface area contributed by atoms with E-state index in [4.69, 9.17) is 16.3 Å². The fraction of sp³-hybridized carbons (Fsp3) is 0.286. The summed E-state index contributed by atoms with van der Waals surface area (Å²) in [6.07, 6.45) is 4.46. The number of amides is 1. The monoisotopic (exact) mass is 293 g/mol. The van der Waals surface area contributed by atoms with Crippen molar-refractivity contribution in [3.8, 4) is 5.75 Å². The van der Waals surface area contributed by atoms with Crippen molar-refractivity contribution < 1.29 is 9.53 Å². The van der Waals surface area contributed by atoms with Gasteiger partial charge in [0.1, 0.15) is 5.75 Å². The average molecular weight is 294 g/mol. The van der Waals surface area contributed by atoms with Gasteiger partial charge in [-0.3, -0.25) is 9.48 Å². The summed E-state index contributed by atoms with van der Waals surface area (Å²) in [5, 5.41) is 7.52. The van der Waals surface area contributed by atoms with Gasteiger partial charge in [-0.2, -0.15) is 5.10 Å². The number of ether oxygens (including phenoxy) is 1. The van der Waals surface area contributed by atoms with Crippen molar-refractivity contribution in [1.29, 1.82) is 0 Å². The van der Waals surface area contributed by atoms with Crippen LogP contribution in [0.2, 0.25) is 5.02 Å². The maximum Gasteiger partial charge on any atom is 0.257 e. The molecule has 0 saturated carbocycles. The highest BCUT2D eigenvalue weighted by atomic mass is 35.5. The highest BCUT2D eigenvalue weighted by Crippen LogP contribution is 2.15. The number of aromatic nitrogens is 2. The minimum atomic E-state index is -0.139. The fourth-order valence-corrected chi connectivity index (χ4v) is 1.76. The number of nitrogens with zero attached hydrogens (tertiary/aromatic N) is 2. The Morgan fingerprint density at radius 3 is 2.85 bits per heavy atom. The molecule has 1 N–H and O–H groups in total. The molecule has 6 heteroatoms. The van der Waals surface area contributed by atoms with Crippen molar-refractivity contribution in [1.82, 2.24) is 15.1 Å². The molecule has 5 nitrogen and oxygen atoms in total. The van der Waals surface area contributed by atoms with Gasteiger partial charge < -0.3 is 10.1 Å². The summed E-state index contributed by atoms with van der Waals surface area (Å²) in [6, 6.07) is 8.77. The van der Waals surface area contributed by atoms with E-state index in [0.29, 0.717) is 17.3 Å². The molecule has 1 aromatic heterocycles. The maximum absolute atomic E-state index is 11.6. The van der Waals surface area contributed by atoms with Crippen molar-refractivity contribution in [2.24, 2.45) is 0 Å². The zero-order valence-electron chi connectivity index (χ0n) is 11.0. The van der Waals surface area contributed by atoms with Gasteiger partial charge in [-0.1, -0.05) is 11.6 Å². The molecule has 0 aliphatic heterocycles. The molecular weight excluding hydrogens is 278 g/mol. The van der Waals surface area contributed by atoms with Crippen LogP contribution in [0.1, 0.15) is 6.42 Å². The number of aryl methyl sites for hydroxylation is 1. The quantitative estimate of drug-likeness (QED) is 0.796. The second-order valence-corrected chi connectivity index (χ2v) is 4.65. The third-order valence-corrected chi connectivity index (χ3v) is 2.88. The van der Waals surface area contributed by atoms with Crippen LogP contribution in [0.25, 0.3) is 0 Å². The summed E-state index contributed by atoms with van der Waals surface area (Å²) in [4.78, 5) is 11.6. The number of benzene rings is 1. The highest BCUT2D eigenvalue weighted by Gasteiger charge is 2.02. The number of rotatable bonds is 7. The van der Waals surface area contributed by atoms with Crippen molar-refractivity contribution >= 4 is 17.5 Å². The Kier molecular flexibility index (Phi) is 5.43. The first kappa shape index (κ1) is 14.4. The van der Waals surface area contributed by atoms with E-state index >= 15 is 0 Å². The smallest absolute Gasteiger partial charge is 0.257 e. The molecule has 0 bridgehead atoms. The topological polar surface area (TPSA) is 56.1 Å². The summed E-state index contributed by atoms with van der Waals surface area (Å²) < 4.78 is 7.17. The van der Waals surface area contributed by atoms with E-state index in [1.165, 1.54) is 0 Å². The Morgan fingerprint density at radius 2 is 2.15 bits per heavy atom. The number of nitrogens with one attached hydrogen (secondary N) is 1. The van der Waals surface area contributed by atoms with Gasteiger partial charge in [-0.25, -0.2) is 0 Å². The Labute approximate surface area is 122 Å². The van der Waals surface area contributed by atoms with Gasteiger partial charge in [0.15, 0.2) is 6.61 Å². The van der Waals surface area contributed by atoms with Gasteiger partial charge in [-0.05, 0) is 36.8 Å². The summed E-state index contributed by atoms with van der Waals surface area (Å²) in [5.41, 5.74) is 0. The van der Waals surface area contributed by atoms with Crippen LogP contribution in [0.3, 0.4) is 0 Å². The molecule has 20 heavy (non-hydrogen) atoms. The molecule has 2 aromatic rings. The van der Waals surface area contributed by atoms with Crippen LogP contribution in [0.5, 0.6) is 5.75 Å². The zero-order valence-corrected chi connectivity index (χ0v) is 11.7. The molecule has 1 aromatic carbocycles. The average Bonchev–Trinajstić information content (AvgIpc) is 2.96. The first-order valence-corrected chi connectivity index (χ1v) is 6.74. The molecule has 0 spiro atoms. The van der Waals surface area contributed by atoms with E-state index in [0.717, 1.165) is 13.0 Å². The van der Waals surface area contributed by atoms with E-state index < -0.39 is 0 Å². The van der Waals surface area contributed by atoms with E-state index in [1.807, 2.05) is 16.9 Å². The first-order valence-electron chi connectivity index (χ1n) is 6.36. The van der Waals surface area contributed by atoms with Gasteiger partial charge in [0.25, 0.3) is 5.91 Å². The Bertz CT molecular complexity index is 526. The first-order chi connectivity index (χ1) is 9.74. The maximum atomic E-state index is 11.6. The lowest BCUT2D eigenvalue weighted by Gasteiger charge is -2.07. The van der Waals surface area contributed by atoms with Crippen LogP contribution in [-0.2, 0) is 11.3 Å². The van der Waals surface area contributed by atoms with Crippen LogP contribution >= 0.6 is 11.6 Å². The lowest BCUT2D eigenvalue weighted by molar-refractivity contribution is -0.123. The molecule has 0 aliphatic rings. The van der Waals surface area contributed by atoms with Gasteiger partial charge >= 0.3 is 0 Å². The SMILES string of the molecule is O=C(COc1ccc(Cl)cc1)NCCCn1cccn1. The number of halogens is 1. The van der Waals surface area contributed by atoms with Gasteiger partial charge in [0.2, 0.25) is 0 Å². The number of carbonyl (C=O) groups excluding carboxylic acids is 1. The molecule has 0 fully saturated rings. The van der Waals surface area contributed by atoms with Crippen LogP contribution in [0, 0.1) is 0 Å². The summed E-state index contributed by atoms with van der Waals surface area (Å²) in [6.45, 7) is 1.39. The second-order valence-electron chi connectivity index (χ2n) is 4.22. The standard InChI is InChI=1S/C14H16ClN3O2/c15-12-3-5-13(6-4-12)20-11-14(19)16-7-1-9-18-10-2-8-17-18/h2-6,8,10H,1,7,9,11H2,(H,16,19). The van der Waals surface area contributed by atoms with Gasteiger partial charge in [0.05, 0.1) is 0 Å². The van der Waals surface area contributed by atoms with Gasteiger partial charge in [-0.15, -0.1) is 0 Å². The Hall–Kier alpha value is -2.01. The number of hydrogen-bond donors (Lipinski definition) is 1. The predicted molar refractivity (Wildman–Crippen MR) is 76.8 cm³/mol. The molecule has 0 saturated heterocycles. The molecule has 0 radical (unpaired) electrons. The molecule has 2 rings (SSSR count). The molecule has 1 heterocycles. The number of carbonyl (C=O) groups is 1. The van der Waals surface area contributed by atoms with E-state index in [9.17, 15) is 4.79 Å². The molecule has 1 amide bonds. The van der Waals surface area contributed by atoms with Crippen LogP contribution in [-0.4, -0.2) is 28.8 Å². The van der Waals surface area contributed by atoms with Crippen LogP contribution in [0.4, 0.5) is 0 Å². The largest absolute Gasteiger partial charge is 0.484 e. The third-order valence-electron chi connectivity index (χ3n) is 2.63. The second kappa shape index (κ2) is 7.55. The van der Waals surface area contributed by atoms with E-state index in [-0.39, 0.29) is 12.5 Å². The minimum absolute atomic E-state index is 0.00338. The van der Waals surface area contributed by atoms with Crippen molar-refractivity contribution in [3.63, 3.8) is 0 Å². The summed E-state index contributed by atoms with van der Waals surface area (Å²) in [5.74, 6) is 0.488. The van der Waals surface area contributed by atoms with Crippen molar-refractivity contribution in [2.45, 2.75) is 13.0 Å². The van der Waals surface area contributed by atoms with E-state index in [1.54, 1.807) is 30.5 Å². The summed E-state index contributed by atoms with van der Waals surface area (Å²) in [7, 11) is 0. The van der Waals surface area contributed by atoms with Crippen molar-refractivity contribution in [2.75, 3.05) is 13.2 Å². The highest BCUT2D eigenvalue weighted by molar-refractivity contribution is 6.30. The zero-order chi connectivity index (χ0) is 14.2. The minimum Gasteiger partial charge on any atom is -0.484 e. The summed E-state index contributed by atoms with van der Waals surface area (Å²) >= 11 is 5.76. The Balaban J connectivity index is 1.59. The molecule has 0 unspecified atom stereocenters. The lowest BCUT2D eigenvalue weighted by Crippen LogP contribution is -2.30. The van der Waals surface area contributed by atoms with Crippen molar-refractivity contribution in [3.05, 3.63) is 47.7 Å². The molecule has 0 atom stereocenters. The number of hydrogen-bond acceptors (Lipinski definition) is 3. The normalized spacial score (nSPS) is 10.2. The molecular formula is C14H16ClN3O2. The van der Waals surface area contributed by atoms with Gasteiger partial charge in [0, 0.05) is 30.5 Å². The van der Waals surface area contributed by atoms with Crippen LogP contribution in [0.15, 0.2) is 42.7 Å². The predicted octanol–water partition coefficient (Wildman–Crippen LogP) is 2.12.